The molecule has 142 valence electrons. The fraction of sp³-hybridized carbons (Fsp3) is 0.300. The molecule has 0 bridgehead atoms. The fourth-order valence-corrected chi connectivity index (χ4v) is 3.15. The maximum absolute atomic E-state index is 13.5. The number of halogens is 2. The lowest BCUT2D eigenvalue weighted by molar-refractivity contribution is 0.0741. The molecule has 0 aliphatic heterocycles. The predicted octanol–water partition coefficient (Wildman–Crippen LogP) is 4.50. The van der Waals surface area contributed by atoms with Crippen LogP contribution in [0.25, 0.3) is 5.82 Å². The number of carbonyl (C=O) groups is 1. The zero-order valence-corrected chi connectivity index (χ0v) is 15.9. The number of hydrogen-bond acceptors (Lipinski definition) is 3. The van der Waals surface area contributed by atoms with Crippen LogP contribution in [0.5, 0.6) is 0 Å². The molecule has 0 spiro atoms. The summed E-state index contributed by atoms with van der Waals surface area (Å²) in [6.07, 6.45) is 0. The van der Waals surface area contributed by atoms with Gasteiger partial charge in [0.25, 0.3) is 5.91 Å². The monoisotopic (exact) mass is 373 g/mol. The first kappa shape index (κ1) is 18.8. The number of carbonyl (C=O) groups excluding carboxylic acids is 1. The van der Waals surface area contributed by atoms with Crippen molar-refractivity contribution in [2.24, 2.45) is 0 Å². The molecule has 2 aromatic heterocycles. The van der Waals surface area contributed by atoms with Crippen LogP contribution in [0.3, 0.4) is 0 Å². The lowest BCUT2D eigenvalue weighted by atomic mass is 10.1. The molecule has 3 aromatic rings. The van der Waals surface area contributed by atoms with E-state index in [1.54, 1.807) is 33.0 Å². The van der Waals surface area contributed by atoms with Crippen LogP contribution in [0, 0.1) is 32.4 Å². The number of aryl methyl sites for hydroxylation is 2. The van der Waals surface area contributed by atoms with Gasteiger partial charge in [0.2, 0.25) is 0 Å². The highest BCUT2D eigenvalue weighted by Gasteiger charge is 2.24. The first-order chi connectivity index (χ1) is 12.7. The average Bonchev–Trinajstić information content (AvgIpc) is 3.17. The Labute approximate surface area is 156 Å². The molecule has 0 N–H and O–H groups in total. The second-order valence-corrected chi connectivity index (χ2v) is 6.68. The number of aromatic nitrogens is 2. The summed E-state index contributed by atoms with van der Waals surface area (Å²) in [7, 11) is 1.64. The van der Waals surface area contributed by atoms with Crippen molar-refractivity contribution in [1.82, 2.24) is 14.6 Å². The Bertz CT molecular complexity index is 1010. The Hall–Kier alpha value is -2.96. The van der Waals surface area contributed by atoms with E-state index in [0.29, 0.717) is 22.7 Å². The zero-order chi connectivity index (χ0) is 19.9. The molecule has 1 aromatic carbocycles. The zero-order valence-electron chi connectivity index (χ0n) is 15.9. The van der Waals surface area contributed by atoms with Gasteiger partial charge in [-0.1, -0.05) is 11.2 Å². The molecule has 1 amide bonds. The van der Waals surface area contributed by atoms with Crippen molar-refractivity contribution in [1.29, 1.82) is 0 Å². The highest BCUT2D eigenvalue weighted by molar-refractivity contribution is 5.96. The molecule has 0 saturated heterocycles. The van der Waals surface area contributed by atoms with E-state index in [-0.39, 0.29) is 5.91 Å². The molecule has 1 atom stereocenters. The van der Waals surface area contributed by atoms with Crippen molar-refractivity contribution in [3.05, 3.63) is 70.2 Å². The molecule has 0 aliphatic carbocycles. The highest BCUT2D eigenvalue weighted by atomic mass is 19.2. The van der Waals surface area contributed by atoms with E-state index in [9.17, 15) is 13.6 Å². The number of hydrogen-bond donors (Lipinski definition) is 0. The van der Waals surface area contributed by atoms with E-state index in [4.69, 9.17) is 4.52 Å². The predicted molar refractivity (Wildman–Crippen MR) is 96.9 cm³/mol. The van der Waals surface area contributed by atoms with Gasteiger partial charge < -0.3 is 9.42 Å². The molecule has 7 heteroatoms. The minimum absolute atomic E-state index is 0.216. The van der Waals surface area contributed by atoms with Crippen LogP contribution in [-0.4, -0.2) is 27.6 Å². The standard InChI is InChI=1S/C20H21F2N3O2/c1-11-8-16(14(4)25(11)19-9-12(2)27-23-19)20(26)24(5)13(3)15-6-7-17(21)18(22)10-15/h6-10,13H,1-5H3. The lowest BCUT2D eigenvalue weighted by Gasteiger charge is -2.25. The van der Waals surface area contributed by atoms with Crippen LogP contribution < -0.4 is 0 Å². The molecule has 1 unspecified atom stereocenters. The summed E-state index contributed by atoms with van der Waals surface area (Å²) < 4.78 is 33.7. The maximum Gasteiger partial charge on any atom is 0.255 e. The van der Waals surface area contributed by atoms with Gasteiger partial charge in [0.05, 0.1) is 11.6 Å². The van der Waals surface area contributed by atoms with Crippen LogP contribution >= 0.6 is 0 Å². The molecule has 3 rings (SSSR count). The Balaban J connectivity index is 1.92. The summed E-state index contributed by atoms with van der Waals surface area (Å²) in [6.45, 7) is 7.28. The molecular weight excluding hydrogens is 352 g/mol. The largest absolute Gasteiger partial charge is 0.360 e. The number of amides is 1. The van der Waals surface area contributed by atoms with E-state index in [0.717, 1.165) is 23.5 Å². The first-order valence-electron chi connectivity index (χ1n) is 8.55. The molecule has 0 saturated carbocycles. The van der Waals surface area contributed by atoms with E-state index < -0.39 is 17.7 Å². The molecule has 0 aliphatic rings. The van der Waals surface area contributed by atoms with Gasteiger partial charge >= 0.3 is 0 Å². The Morgan fingerprint density at radius 3 is 2.44 bits per heavy atom. The molecule has 2 heterocycles. The maximum atomic E-state index is 13.5. The van der Waals surface area contributed by atoms with Crippen molar-refractivity contribution in [3.8, 4) is 5.82 Å². The van der Waals surface area contributed by atoms with Crippen LogP contribution in [0.4, 0.5) is 8.78 Å². The van der Waals surface area contributed by atoms with Crippen molar-refractivity contribution in [3.63, 3.8) is 0 Å². The van der Waals surface area contributed by atoms with Crippen LogP contribution in [0.2, 0.25) is 0 Å². The van der Waals surface area contributed by atoms with Gasteiger partial charge in [-0.25, -0.2) is 8.78 Å². The highest BCUT2D eigenvalue weighted by Crippen LogP contribution is 2.26. The number of rotatable bonds is 4. The van der Waals surface area contributed by atoms with E-state index in [1.807, 2.05) is 18.4 Å². The molecule has 27 heavy (non-hydrogen) atoms. The first-order valence-corrected chi connectivity index (χ1v) is 8.55. The third-order valence-corrected chi connectivity index (χ3v) is 4.83. The lowest BCUT2D eigenvalue weighted by Crippen LogP contribution is -2.30. The molecule has 0 radical (unpaired) electrons. The summed E-state index contributed by atoms with van der Waals surface area (Å²) in [5, 5.41) is 4.01. The van der Waals surface area contributed by atoms with Crippen LogP contribution in [0.1, 0.15) is 46.0 Å². The van der Waals surface area contributed by atoms with E-state index >= 15 is 0 Å². The number of benzene rings is 1. The van der Waals surface area contributed by atoms with Gasteiger partial charge in [-0.05, 0) is 51.5 Å². The smallest absolute Gasteiger partial charge is 0.255 e. The summed E-state index contributed by atoms with van der Waals surface area (Å²) >= 11 is 0. The van der Waals surface area contributed by atoms with E-state index in [2.05, 4.69) is 5.16 Å². The molecule has 0 fully saturated rings. The summed E-state index contributed by atoms with van der Waals surface area (Å²) in [4.78, 5) is 14.5. The van der Waals surface area contributed by atoms with Gasteiger partial charge in [-0.15, -0.1) is 0 Å². The van der Waals surface area contributed by atoms with Gasteiger partial charge in [0.15, 0.2) is 17.5 Å². The minimum atomic E-state index is -0.931. The normalized spacial score (nSPS) is 12.3. The van der Waals surface area contributed by atoms with Crippen molar-refractivity contribution in [2.45, 2.75) is 33.7 Å². The van der Waals surface area contributed by atoms with Gasteiger partial charge in [0.1, 0.15) is 5.76 Å². The average molecular weight is 373 g/mol. The van der Waals surface area contributed by atoms with Crippen LogP contribution in [-0.2, 0) is 0 Å². The second kappa shape index (κ2) is 6.98. The van der Waals surface area contributed by atoms with Crippen molar-refractivity contribution >= 4 is 5.91 Å². The minimum Gasteiger partial charge on any atom is -0.360 e. The third-order valence-electron chi connectivity index (χ3n) is 4.83. The van der Waals surface area contributed by atoms with Gasteiger partial charge in [0, 0.05) is 24.5 Å². The molecule has 5 nitrogen and oxygen atoms in total. The van der Waals surface area contributed by atoms with Crippen molar-refractivity contribution < 1.29 is 18.1 Å². The molecular formula is C20H21F2N3O2. The quantitative estimate of drug-likeness (QED) is 0.676. The van der Waals surface area contributed by atoms with Crippen LogP contribution in [0.15, 0.2) is 34.9 Å². The van der Waals surface area contributed by atoms with Crippen molar-refractivity contribution in [2.75, 3.05) is 7.05 Å². The second-order valence-electron chi connectivity index (χ2n) is 6.68. The van der Waals surface area contributed by atoms with Gasteiger partial charge in [-0.3, -0.25) is 9.36 Å². The topological polar surface area (TPSA) is 51.3 Å². The Kier molecular flexibility index (Phi) is 4.87. The van der Waals surface area contributed by atoms with E-state index in [1.165, 1.54) is 11.0 Å². The Morgan fingerprint density at radius 2 is 1.85 bits per heavy atom. The summed E-state index contributed by atoms with van der Waals surface area (Å²) in [5.41, 5.74) is 2.61. The van der Waals surface area contributed by atoms with Gasteiger partial charge in [-0.2, -0.15) is 0 Å². The third kappa shape index (κ3) is 3.37. The summed E-state index contributed by atoms with van der Waals surface area (Å²) in [6, 6.07) is 6.82. The Morgan fingerprint density at radius 1 is 1.15 bits per heavy atom. The summed E-state index contributed by atoms with van der Waals surface area (Å²) in [5.74, 6) is -0.773. The fourth-order valence-electron chi connectivity index (χ4n) is 3.15. The number of nitrogens with zero attached hydrogens (tertiary/aromatic N) is 3. The SMILES string of the molecule is Cc1cc(-n2c(C)cc(C(=O)N(C)C(C)c3ccc(F)c(F)c3)c2C)no1.